The molecular formula is C20H19F2N3O2. The van der Waals surface area contributed by atoms with Gasteiger partial charge in [0.1, 0.15) is 11.6 Å². The Kier molecular flexibility index (Phi) is 5.21. The number of carbonyl (C=O) groups is 1. The Labute approximate surface area is 154 Å². The van der Waals surface area contributed by atoms with E-state index in [1.165, 1.54) is 0 Å². The summed E-state index contributed by atoms with van der Waals surface area (Å²) in [6.45, 7) is 4.46. The molecule has 3 rings (SSSR count). The van der Waals surface area contributed by atoms with Gasteiger partial charge in [0, 0.05) is 29.6 Å². The summed E-state index contributed by atoms with van der Waals surface area (Å²) in [6, 6.07) is 9.12. The number of halogens is 2. The molecule has 7 heteroatoms. The van der Waals surface area contributed by atoms with Gasteiger partial charge in [-0.05, 0) is 24.1 Å². The lowest BCUT2D eigenvalue weighted by molar-refractivity contribution is 0.262. The van der Waals surface area contributed by atoms with Crippen molar-refractivity contribution in [1.29, 1.82) is 0 Å². The van der Waals surface area contributed by atoms with E-state index in [1.807, 2.05) is 13.8 Å². The summed E-state index contributed by atoms with van der Waals surface area (Å²) in [7, 11) is 0. The number of nitrogens with zero attached hydrogens (tertiary/aromatic N) is 1. The van der Waals surface area contributed by atoms with Crippen molar-refractivity contribution in [1.82, 2.24) is 4.57 Å². The normalized spacial score (nSPS) is 11.0. The molecule has 0 aliphatic heterocycles. The van der Waals surface area contributed by atoms with Crippen molar-refractivity contribution in [2.45, 2.75) is 20.4 Å². The Hall–Kier alpha value is -3.22. The summed E-state index contributed by atoms with van der Waals surface area (Å²) in [5.74, 6) is -1.37. The molecule has 2 amide bonds. The van der Waals surface area contributed by atoms with Gasteiger partial charge in [-0.25, -0.2) is 13.6 Å². The van der Waals surface area contributed by atoms with Crippen LogP contribution in [0.25, 0.3) is 10.8 Å². The van der Waals surface area contributed by atoms with Gasteiger partial charge in [-0.15, -0.1) is 0 Å². The number of hydrogen-bond acceptors (Lipinski definition) is 2. The fraction of sp³-hybridized carbons (Fsp3) is 0.200. The van der Waals surface area contributed by atoms with Crippen molar-refractivity contribution in [2.24, 2.45) is 5.92 Å². The number of aromatic nitrogens is 1. The van der Waals surface area contributed by atoms with E-state index in [4.69, 9.17) is 0 Å². The molecule has 3 aromatic rings. The van der Waals surface area contributed by atoms with Crippen molar-refractivity contribution in [2.75, 3.05) is 10.6 Å². The van der Waals surface area contributed by atoms with Gasteiger partial charge < -0.3 is 15.2 Å². The quantitative estimate of drug-likeness (QED) is 0.705. The minimum absolute atomic E-state index is 0.144. The lowest BCUT2D eigenvalue weighted by Crippen LogP contribution is -2.25. The van der Waals surface area contributed by atoms with Gasteiger partial charge in [0.25, 0.3) is 5.56 Å². The van der Waals surface area contributed by atoms with Gasteiger partial charge in [-0.2, -0.15) is 0 Å². The molecular weight excluding hydrogens is 352 g/mol. The summed E-state index contributed by atoms with van der Waals surface area (Å²) in [4.78, 5) is 24.9. The maximum Gasteiger partial charge on any atom is 0.323 e. The van der Waals surface area contributed by atoms with Crippen molar-refractivity contribution in [3.63, 3.8) is 0 Å². The van der Waals surface area contributed by atoms with Gasteiger partial charge in [-0.1, -0.05) is 32.0 Å². The number of carbonyl (C=O) groups excluding carboxylic acids is 1. The summed E-state index contributed by atoms with van der Waals surface area (Å²) in [5, 5.41) is 6.05. The second kappa shape index (κ2) is 7.57. The average molecular weight is 371 g/mol. The minimum Gasteiger partial charge on any atom is -0.313 e. The third-order valence-electron chi connectivity index (χ3n) is 3.98. The summed E-state index contributed by atoms with van der Waals surface area (Å²) in [6.07, 6.45) is 1.57. The zero-order chi connectivity index (χ0) is 19.6. The van der Waals surface area contributed by atoms with E-state index in [1.54, 1.807) is 35.0 Å². The van der Waals surface area contributed by atoms with E-state index in [9.17, 15) is 18.4 Å². The van der Waals surface area contributed by atoms with Crippen LogP contribution in [-0.4, -0.2) is 10.6 Å². The van der Waals surface area contributed by atoms with Crippen molar-refractivity contribution < 1.29 is 13.6 Å². The fourth-order valence-corrected chi connectivity index (χ4v) is 2.84. The molecule has 0 aliphatic rings. The van der Waals surface area contributed by atoms with E-state index >= 15 is 0 Å². The van der Waals surface area contributed by atoms with E-state index in [2.05, 4.69) is 10.6 Å². The number of nitrogens with one attached hydrogen (secondary N) is 2. The Bertz CT molecular complexity index is 1060. The van der Waals surface area contributed by atoms with Crippen molar-refractivity contribution in [3.8, 4) is 0 Å². The zero-order valence-corrected chi connectivity index (χ0v) is 14.9. The second-order valence-corrected chi connectivity index (χ2v) is 6.64. The first-order valence-electron chi connectivity index (χ1n) is 8.50. The van der Waals surface area contributed by atoms with Crippen molar-refractivity contribution >= 4 is 28.2 Å². The fourth-order valence-electron chi connectivity index (χ4n) is 2.84. The number of fused-ring (bicyclic) bond motifs is 1. The molecule has 0 radical (unpaired) electrons. The minimum atomic E-state index is -0.875. The van der Waals surface area contributed by atoms with E-state index in [0.29, 0.717) is 29.1 Å². The number of rotatable bonds is 4. The largest absolute Gasteiger partial charge is 0.323 e. The molecule has 2 aromatic carbocycles. The van der Waals surface area contributed by atoms with Gasteiger partial charge in [0.15, 0.2) is 0 Å². The molecule has 0 atom stereocenters. The number of hydrogen-bond donors (Lipinski definition) is 2. The SMILES string of the molecule is CC(C)Cn1cc(NC(=O)Nc2ccc(F)cc2F)c2ccccc2c1=O. The molecule has 5 nitrogen and oxygen atoms in total. The highest BCUT2D eigenvalue weighted by Crippen LogP contribution is 2.22. The van der Waals surface area contributed by atoms with Crippen LogP contribution in [0.3, 0.4) is 0 Å². The highest BCUT2D eigenvalue weighted by atomic mass is 19.1. The van der Waals surface area contributed by atoms with Gasteiger partial charge in [0.2, 0.25) is 0 Å². The van der Waals surface area contributed by atoms with Crippen LogP contribution in [0.4, 0.5) is 25.0 Å². The monoisotopic (exact) mass is 371 g/mol. The van der Waals surface area contributed by atoms with Gasteiger partial charge in [-0.3, -0.25) is 4.79 Å². The highest BCUT2D eigenvalue weighted by molar-refractivity contribution is 6.05. The average Bonchev–Trinajstić information content (AvgIpc) is 2.61. The molecule has 0 spiro atoms. The lowest BCUT2D eigenvalue weighted by Gasteiger charge is -2.15. The molecule has 27 heavy (non-hydrogen) atoms. The first-order chi connectivity index (χ1) is 12.8. The molecule has 0 saturated carbocycles. The van der Waals surface area contributed by atoms with E-state index in [-0.39, 0.29) is 17.2 Å². The topological polar surface area (TPSA) is 63.1 Å². The molecule has 0 fully saturated rings. The maximum atomic E-state index is 13.7. The molecule has 0 bridgehead atoms. The molecule has 140 valence electrons. The first-order valence-corrected chi connectivity index (χ1v) is 8.50. The molecule has 0 saturated heterocycles. The second-order valence-electron chi connectivity index (χ2n) is 6.64. The van der Waals surface area contributed by atoms with Crippen LogP contribution >= 0.6 is 0 Å². The number of amides is 2. The molecule has 2 N–H and O–H groups in total. The Balaban J connectivity index is 1.94. The standard InChI is InChI=1S/C20H19F2N3O2/c1-12(2)10-25-11-18(14-5-3-4-6-15(14)19(25)26)24-20(27)23-17-8-7-13(21)9-16(17)22/h3-9,11-12H,10H2,1-2H3,(H2,23,24,27). The smallest absolute Gasteiger partial charge is 0.313 e. The van der Waals surface area contributed by atoms with Crippen molar-refractivity contribution in [3.05, 3.63) is 70.6 Å². The van der Waals surface area contributed by atoms with Crippen LogP contribution in [0, 0.1) is 17.6 Å². The predicted molar refractivity (Wildman–Crippen MR) is 102 cm³/mol. The number of benzene rings is 2. The lowest BCUT2D eigenvalue weighted by atomic mass is 10.1. The Morgan fingerprint density at radius 3 is 2.37 bits per heavy atom. The molecule has 1 heterocycles. The molecule has 0 aliphatic carbocycles. The Morgan fingerprint density at radius 2 is 1.70 bits per heavy atom. The highest BCUT2D eigenvalue weighted by Gasteiger charge is 2.13. The third-order valence-corrected chi connectivity index (χ3v) is 3.98. The Morgan fingerprint density at radius 1 is 1.04 bits per heavy atom. The van der Waals surface area contributed by atoms with Crippen LogP contribution in [0.1, 0.15) is 13.8 Å². The van der Waals surface area contributed by atoms with Crippen LogP contribution < -0.4 is 16.2 Å². The van der Waals surface area contributed by atoms with E-state index in [0.717, 1.165) is 12.1 Å². The molecule has 1 aromatic heterocycles. The van der Waals surface area contributed by atoms with Crippen LogP contribution in [0.15, 0.2) is 53.5 Å². The van der Waals surface area contributed by atoms with Gasteiger partial charge >= 0.3 is 6.03 Å². The summed E-state index contributed by atoms with van der Waals surface area (Å²) in [5.41, 5.74) is 0.134. The maximum absolute atomic E-state index is 13.7. The van der Waals surface area contributed by atoms with Gasteiger partial charge in [0.05, 0.1) is 11.4 Å². The molecule has 0 unspecified atom stereocenters. The summed E-state index contributed by atoms with van der Waals surface area (Å²) >= 11 is 0. The van der Waals surface area contributed by atoms with Crippen LogP contribution in [0.5, 0.6) is 0 Å². The predicted octanol–water partition coefficient (Wildman–Crippen LogP) is 4.58. The van der Waals surface area contributed by atoms with Crippen LogP contribution in [0.2, 0.25) is 0 Å². The number of anilines is 2. The number of urea groups is 1. The summed E-state index contributed by atoms with van der Waals surface area (Å²) < 4.78 is 28.3. The van der Waals surface area contributed by atoms with Crippen LogP contribution in [-0.2, 0) is 6.54 Å². The first kappa shape index (κ1) is 18.6. The van der Waals surface area contributed by atoms with E-state index < -0.39 is 17.7 Å². The number of pyridine rings is 1. The zero-order valence-electron chi connectivity index (χ0n) is 14.9. The third kappa shape index (κ3) is 4.13.